The van der Waals surface area contributed by atoms with Crippen molar-refractivity contribution in [3.8, 4) is 0 Å². The highest BCUT2D eigenvalue weighted by Crippen LogP contribution is 2.20. The fraction of sp³-hybridized carbons (Fsp3) is 0.583. The molecule has 2 atom stereocenters. The molecule has 0 aliphatic rings. The number of rotatable bonds is 5. The third-order valence-corrected chi connectivity index (χ3v) is 2.69. The van der Waals surface area contributed by atoms with Crippen LogP contribution in [0.4, 0.5) is 0 Å². The number of hydrogen-bond donors (Lipinski definition) is 1. The van der Waals surface area contributed by atoms with Gasteiger partial charge in [0.2, 0.25) is 0 Å². The first kappa shape index (κ1) is 12.1. The topological polar surface area (TPSA) is 42.2 Å². The van der Waals surface area contributed by atoms with Crippen LogP contribution in [0.5, 0.6) is 0 Å². The Morgan fingerprint density at radius 2 is 2.00 bits per heavy atom. The Morgan fingerprint density at radius 3 is 2.40 bits per heavy atom. The van der Waals surface area contributed by atoms with E-state index in [4.69, 9.17) is 5.73 Å². The molecule has 1 rings (SSSR count). The summed E-state index contributed by atoms with van der Waals surface area (Å²) in [6.07, 6.45) is 1.83. The average molecular weight is 207 g/mol. The average Bonchev–Trinajstić information content (AvgIpc) is 2.26. The fourth-order valence-corrected chi connectivity index (χ4v) is 1.96. The van der Waals surface area contributed by atoms with E-state index in [1.807, 2.05) is 31.3 Å². The van der Waals surface area contributed by atoms with Gasteiger partial charge in [-0.1, -0.05) is 19.9 Å². The third kappa shape index (κ3) is 3.01. The van der Waals surface area contributed by atoms with Crippen LogP contribution in [0.25, 0.3) is 0 Å². The smallest absolute Gasteiger partial charge is 0.0670 e. The van der Waals surface area contributed by atoms with E-state index >= 15 is 0 Å². The van der Waals surface area contributed by atoms with E-state index in [2.05, 4.69) is 23.7 Å². The first-order valence-corrected chi connectivity index (χ1v) is 5.61. The predicted octanol–water partition coefficient (Wildman–Crippen LogP) is 1.81. The van der Waals surface area contributed by atoms with Crippen molar-refractivity contribution in [1.82, 2.24) is 9.88 Å². The Morgan fingerprint density at radius 1 is 1.33 bits per heavy atom. The minimum Gasteiger partial charge on any atom is -0.326 e. The van der Waals surface area contributed by atoms with Crippen LogP contribution in [0.3, 0.4) is 0 Å². The van der Waals surface area contributed by atoms with Gasteiger partial charge in [0.05, 0.1) is 11.7 Å². The quantitative estimate of drug-likeness (QED) is 0.800. The van der Waals surface area contributed by atoms with Gasteiger partial charge in [-0.05, 0) is 32.1 Å². The molecule has 0 aliphatic heterocycles. The molecule has 2 unspecified atom stereocenters. The second kappa shape index (κ2) is 5.83. The molecular weight excluding hydrogens is 186 g/mol. The first-order chi connectivity index (χ1) is 7.20. The van der Waals surface area contributed by atoms with Crippen LogP contribution in [0.2, 0.25) is 0 Å². The van der Waals surface area contributed by atoms with Crippen LogP contribution in [0.1, 0.15) is 32.5 Å². The van der Waals surface area contributed by atoms with Crippen molar-refractivity contribution in [2.24, 2.45) is 5.73 Å². The minimum absolute atomic E-state index is 0.0970. The number of nitrogens with two attached hydrogens (primary N) is 1. The number of hydrogen-bond acceptors (Lipinski definition) is 3. The summed E-state index contributed by atoms with van der Waals surface area (Å²) in [5.41, 5.74) is 7.10. The second-order valence-electron chi connectivity index (χ2n) is 3.78. The third-order valence-electron chi connectivity index (χ3n) is 2.69. The maximum Gasteiger partial charge on any atom is 0.0670 e. The standard InChI is InChI=1S/C12H21N3/c1-4-15(5-2)12(10(3)13)11-8-6-7-9-14-11/h6-10,12H,4-5,13H2,1-3H3. The van der Waals surface area contributed by atoms with Gasteiger partial charge in [-0.3, -0.25) is 9.88 Å². The molecule has 0 fully saturated rings. The normalized spacial score (nSPS) is 15.3. The van der Waals surface area contributed by atoms with Gasteiger partial charge in [-0.2, -0.15) is 0 Å². The Hall–Kier alpha value is -0.930. The molecule has 15 heavy (non-hydrogen) atoms. The van der Waals surface area contributed by atoms with E-state index in [1.54, 1.807) is 0 Å². The van der Waals surface area contributed by atoms with Gasteiger partial charge in [-0.15, -0.1) is 0 Å². The molecule has 0 aromatic carbocycles. The van der Waals surface area contributed by atoms with E-state index in [9.17, 15) is 0 Å². The molecule has 0 radical (unpaired) electrons. The highest BCUT2D eigenvalue weighted by Gasteiger charge is 2.22. The summed E-state index contributed by atoms with van der Waals surface area (Å²) in [6, 6.07) is 6.32. The molecule has 0 aliphatic carbocycles. The predicted molar refractivity (Wildman–Crippen MR) is 63.5 cm³/mol. The molecule has 3 heteroatoms. The highest BCUT2D eigenvalue weighted by molar-refractivity contribution is 5.11. The van der Waals surface area contributed by atoms with Gasteiger partial charge in [0.15, 0.2) is 0 Å². The summed E-state index contributed by atoms with van der Waals surface area (Å²) in [7, 11) is 0. The second-order valence-corrected chi connectivity index (χ2v) is 3.78. The molecule has 84 valence electrons. The summed E-state index contributed by atoms with van der Waals surface area (Å²) >= 11 is 0. The van der Waals surface area contributed by atoms with Crippen molar-refractivity contribution >= 4 is 0 Å². The molecule has 3 nitrogen and oxygen atoms in total. The summed E-state index contributed by atoms with van der Waals surface area (Å²) in [5, 5.41) is 0. The van der Waals surface area contributed by atoms with Gasteiger partial charge >= 0.3 is 0 Å². The zero-order valence-electron chi connectivity index (χ0n) is 9.85. The molecule has 0 saturated carbocycles. The van der Waals surface area contributed by atoms with E-state index in [0.29, 0.717) is 0 Å². The maximum absolute atomic E-state index is 6.04. The van der Waals surface area contributed by atoms with Gasteiger partial charge < -0.3 is 5.73 Å². The molecular formula is C12H21N3. The van der Waals surface area contributed by atoms with E-state index in [-0.39, 0.29) is 12.1 Å². The van der Waals surface area contributed by atoms with Gasteiger partial charge in [0.25, 0.3) is 0 Å². The lowest BCUT2D eigenvalue weighted by Crippen LogP contribution is -2.39. The molecule has 0 bridgehead atoms. The number of likely N-dealkylation sites (N-methyl/N-ethyl adjacent to an activating group) is 1. The van der Waals surface area contributed by atoms with Gasteiger partial charge in [0.1, 0.15) is 0 Å². The minimum atomic E-state index is 0.0970. The van der Waals surface area contributed by atoms with Crippen LogP contribution in [-0.2, 0) is 0 Å². The number of pyridine rings is 1. The molecule has 0 spiro atoms. The summed E-state index contributed by atoms with van der Waals surface area (Å²) < 4.78 is 0. The first-order valence-electron chi connectivity index (χ1n) is 5.61. The lowest BCUT2D eigenvalue weighted by atomic mass is 10.0. The van der Waals surface area contributed by atoms with Crippen LogP contribution >= 0.6 is 0 Å². The van der Waals surface area contributed by atoms with Crippen LogP contribution < -0.4 is 5.73 Å². The van der Waals surface area contributed by atoms with E-state index in [0.717, 1.165) is 18.8 Å². The summed E-state index contributed by atoms with van der Waals surface area (Å²) in [4.78, 5) is 6.74. The summed E-state index contributed by atoms with van der Waals surface area (Å²) in [6.45, 7) is 8.35. The number of nitrogens with zero attached hydrogens (tertiary/aromatic N) is 2. The zero-order valence-corrected chi connectivity index (χ0v) is 9.85. The van der Waals surface area contributed by atoms with E-state index in [1.165, 1.54) is 0 Å². The maximum atomic E-state index is 6.04. The Bertz CT molecular complexity index is 267. The van der Waals surface area contributed by atoms with Crippen LogP contribution in [-0.4, -0.2) is 29.0 Å². The highest BCUT2D eigenvalue weighted by atomic mass is 15.2. The van der Waals surface area contributed by atoms with Gasteiger partial charge in [-0.25, -0.2) is 0 Å². The molecule has 0 saturated heterocycles. The summed E-state index contributed by atoms with van der Waals surface area (Å²) in [5.74, 6) is 0. The fourth-order valence-electron chi connectivity index (χ4n) is 1.96. The van der Waals surface area contributed by atoms with Crippen LogP contribution in [0.15, 0.2) is 24.4 Å². The van der Waals surface area contributed by atoms with Crippen molar-refractivity contribution in [3.63, 3.8) is 0 Å². The molecule has 1 heterocycles. The van der Waals surface area contributed by atoms with E-state index < -0.39 is 0 Å². The molecule has 0 amide bonds. The Kier molecular flexibility index (Phi) is 4.72. The Labute approximate surface area is 92.3 Å². The van der Waals surface area contributed by atoms with Crippen molar-refractivity contribution < 1.29 is 0 Å². The Balaban J connectivity index is 2.92. The molecule has 2 N–H and O–H groups in total. The lowest BCUT2D eigenvalue weighted by Gasteiger charge is -2.31. The zero-order chi connectivity index (χ0) is 11.3. The number of aromatic nitrogens is 1. The lowest BCUT2D eigenvalue weighted by molar-refractivity contribution is 0.191. The molecule has 1 aromatic rings. The van der Waals surface area contributed by atoms with Gasteiger partial charge in [0, 0.05) is 12.2 Å². The molecule has 1 aromatic heterocycles. The monoisotopic (exact) mass is 207 g/mol. The van der Waals surface area contributed by atoms with Crippen LogP contribution in [0, 0.1) is 0 Å². The largest absolute Gasteiger partial charge is 0.326 e. The SMILES string of the molecule is CCN(CC)C(c1ccccn1)C(C)N. The van der Waals surface area contributed by atoms with Crippen molar-refractivity contribution in [2.75, 3.05) is 13.1 Å². The van der Waals surface area contributed by atoms with Crippen molar-refractivity contribution in [2.45, 2.75) is 32.9 Å². The van der Waals surface area contributed by atoms with Crippen molar-refractivity contribution in [1.29, 1.82) is 0 Å². The van der Waals surface area contributed by atoms with Crippen molar-refractivity contribution in [3.05, 3.63) is 30.1 Å².